The average molecular weight is 453 g/mol. The predicted octanol–water partition coefficient (Wildman–Crippen LogP) is 5.19. The Labute approximate surface area is 184 Å². The van der Waals surface area contributed by atoms with E-state index in [2.05, 4.69) is 29.4 Å². The number of nitrogens with zero attached hydrogens (tertiary/aromatic N) is 1. The van der Waals surface area contributed by atoms with E-state index in [0.717, 1.165) is 17.7 Å². The Bertz CT molecular complexity index is 1290. The van der Waals surface area contributed by atoms with Crippen LogP contribution in [0.4, 0.5) is 5.13 Å². The maximum Gasteiger partial charge on any atom is 0.293 e. The van der Waals surface area contributed by atoms with Crippen molar-refractivity contribution in [3.63, 3.8) is 0 Å². The third kappa shape index (κ3) is 4.92. The zero-order chi connectivity index (χ0) is 21.8. The summed E-state index contributed by atoms with van der Waals surface area (Å²) < 4.78 is 30.4. The number of amides is 1. The number of rotatable bonds is 7. The van der Waals surface area contributed by atoms with E-state index < -0.39 is 15.7 Å². The molecule has 0 saturated carbocycles. The van der Waals surface area contributed by atoms with Gasteiger partial charge in [-0.1, -0.05) is 49.4 Å². The van der Waals surface area contributed by atoms with Crippen molar-refractivity contribution < 1.29 is 17.6 Å². The highest BCUT2D eigenvalue weighted by molar-refractivity contribution is 7.90. The number of sulfone groups is 1. The van der Waals surface area contributed by atoms with Gasteiger partial charge in [0.1, 0.15) is 11.5 Å². The number of benzene rings is 2. The molecule has 0 bridgehead atoms. The third-order valence-corrected chi connectivity index (χ3v) is 7.12. The van der Waals surface area contributed by atoms with Gasteiger partial charge in [0, 0.05) is 10.9 Å². The van der Waals surface area contributed by atoms with E-state index in [1.54, 1.807) is 18.2 Å². The lowest BCUT2D eigenvalue weighted by Crippen LogP contribution is -2.10. The van der Waals surface area contributed by atoms with Gasteiger partial charge >= 0.3 is 0 Å². The van der Waals surface area contributed by atoms with Crippen LogP contribution in [-0.2, 0) is 22.0 Å². The van der Waals surface area contributed by atoms with Crippen LogP contribution < -0.4 is 5.32 Å². The van der Waals surface area contributed by atoms with Crippen LogP contribution in [0.15, 0.2) is 81.4 Å². The molecule has 1 N–H and O–H groups in total. The van der Waals surface area contributed by atoms with Crippen LogP contribution in [0.5, 0.6) is 0 Å². The minimum atomic E-state index is -3.55. The van der Waals surface area contributed by atoms with E-state index in [1.165, 1.54) is 41.2 Å². The first kappa shape index (κ1) is 21.0. The Kier molecular flexibility index (Phi) is 6.01. The number of anilines is 1. The minimum Gasteiger partial charge on any atom is -0.455 e. The number of hydrogen-bond acceptors (Lipinski definition) is 6. The van der Waals surface area contributed by atoms with E-state index in [4.69, 9.17) is 4.42 Å². The number of aryl methyl sites for hydroxylation is 1. The van der Waals surface area contributed by atoms with Gasteiger partial charge in [0.15, 0.2) is 20.7 Å². The topological polar surface area (TPSA) is 89.3 Å². The van der Waals surface area contributed by atoms with E-state index in [1.807, 2.05) is 17.5 Å². The van der Waals surface area contributed by atoms with Gasteiger partial charge in [0.25, 0.3) is 5.91 Å². The monoisotopic (exact) mass is 452 g/mol. The summed E-state index contributed by atoms with van der Waals surface area (Å²) in [7, 11) is -3.55. The molecular formula is C23H20N2O4S2. The lowest BCUT2D eigenvalue weighted by molar-refractivity contribution is 0.0995. The fraction of sp³-hybridized carbons (Fsp3) is 0.130. The van der Waals surface area contributed by atoms with Crippen molar-refractivity contribution in [3.05, 3.63) is 89.2 Å². The summed E-state index contributed by atoms with van der Waals surface area (Å²) >= 11 is 1.31. The van der Waals surface area contributed by atoms with Crippen LogP contribution in [0.1, 0.15) is 28.8 Å². The highest BCUT2D eigenvalue weighted by Gasteiger charge is 2.19. The van der Waals surface area contributed by atoms with Gasteiger partial charge in [0.05, 0.1) is 10.6 Å². The fourth-order valence-electron chi connectivity index (χ4n) is 3.01. The van der Waals surface area contributed by atoms with Crippen LogP contribution >= 0.6 is 11.3 Å². The number of carbonyl (C=O) groups excluding carboxylic acids is 1. The summed E-state index contributed by atoms with van der Waals surface area (Å²) in [6, 6.07) is 19.2. The summed E-state index contributed by atoms with van der Waals surface area (Å²) in [6.45, 7) is 2.10. The second-order valence-electron chi connectivity index (χ2n) is 6.88. The largest absolute Gasteiger partial charge is 0.455 e. The molecule has 158 valence electrons. The van der Waals surface area contributed by atoms with Crippen molar-refractivity contribution in [2.75, 3.05) is 5.32 Å². The first-order valence-corrected chi connectivity index (χ1v) is 12.2. The molecule has 8 heteroatoms. The summed E-state index contributed by atoms with van der Waals surface area (Å²) in [5, 5.41) is 5.01. The Balaban J connectivity index is 1.43. The molecule has 0 spiro atoms. The second-order valence-corrected chi connectivity index (χ2v) is 9.73. The second kappa shape index (κ2) is 8.87. The summed E-state index contributed by atoms with van der Waals surface area (Å²) in [4.78, 5) is 17.2. The molecule has 0 saturated heterocycles. The van der Waals surface area contributed by atoms with Gasteiger partial charge in [-0.2, -0.15) is 0 Å². The SMILES string of the molecule is CCc1ccc(-c2csc(NC(=O)c3ccc(CS(=O)(=O)c4ccccc4)o3)n2)cc1. The zero-order valence-electron chi connectivity index (χ0n) is 16.7. The van der Waals surface area contributed by atoms with E-state index in [0.29, 0.717) is 5.13 Å². The van der Waals surface area contributed by atoms with Crippen LogP contribution in [0, 0.1) is 0 Å². The summed E-state index contributed by atoms with van der Waals surface area (Å²) in [5.41, 5.74) is 2.99. The number of aromatic nitrogens is 1. The number of furan rings is 1. The molecular weight excluding hydrogens is 432 g/mol. The number of thiazole rings is 1. The standard InChI is InChI=1S/C23H20N2O4S2/c1-2-16-8-10-17(11-9-16)20-14-30-23(24-20)25-22(26)21-13-12-18(29-21)15-31(27,28)19-6-4-3-5-7-19/h3-14H,2,15H2,1H3,(H,24,25,26). The molecule has 0 fully saturated rings. The predicted molar refractivity (Wildman–Crippen MR) is 121 cm³/mol. The quantitative estimate of drug-likeness (QED) is 0.417. The van der Waals surface area contributed by atoms with Gasteiger partial charge in [-0.25, -0.2) is 13.4 Å². The molecule has 1 amide bonds. The third-order valence-electron chi connectivity index (χ3n) is 4.70. The molecule has 0 aliphatic carbocycles. The van der Waals surface area contributed by atoms with Gasteiger partial charge < -0.3 is 4.42 Å². The molecule has 2 heterocycles. The van der Waals surface area contributed by atoms with Crippen molar-refractivity contribution in [2.45, 2.75) is 24.0 Å². The van der Waals surface area contributed by atoms with Crippen LogP contribution in [0.25, 0.3) is 11.3 Å². The van der Waals surface area contributed by atoms with E-state index in [9.17, 15) is 13.2 Å². The van der Waals surface area contributed by atoms with Crippen molar-refractivity contribution >= 4 is 32.2 Å². The van der Waals surface area contributed by atoms with Crippen LogP contribution in [0.3, 0.4) is 0 Å². The molecule has 31 heavy (non-hydrogen) atoms. The Morgan fingerprint density at radius 3 is 2.48 bits per heavy atom. The van der Waals surface area contributed by atoms with Gasteiger partial charge in [-0.3, -0.25) is 10.1 Å². The van der Waals surface area contributed by atoms with Gasteiger partial charge in [-0.15, -0.1) is 11.3 Å². The first-order valence-electron chi connectivity index (χ1n) is 9.67. The minimum absolute atomic E-state index is 0.0299. The normalized spacial score (nSPS) is 11.4. The number of hydrogen-bond donors (Lipinski definition) is 1. The molecule has 0 radical (unpaired) electrons. The molecule has 0 unspecified atom stereocenters. The summed E-state index contributed by atoms with van der Waals surface area (Å²) in [5.74, 6) is -0.572. The Morgan fingerprint density at radius 2 is 1.77 bits per heavy atom. The maximum absolute atomic E-state index is 12.5. The molecule has 4 rings (SSSR count). The van der Waals surface area contributed by atoms with Crippen molar-refractivity contribution in [2.24, 2.45) is 0 Å². The van der Waals surface area contributed by atoms with Crippen molar-refractivity contribution in [3.8, 4) is 11.3 Å². The molecule has 4 aromatic rings. The van der Waals surface area contributed by atoms with Crippen molar-refractivity contribution in [1.29, 1.82) is 0 Å². The van der Waals surface area contributed by atoms with Gasteiger partial charge in [0.2, 0.25) is 0 Å². The molecule has 0 aliphatic heterocycles. The summed E-state index contributed by atoms with van der Waals surface area (Å²) in [6.07, 6.45) is 0.969. The average Bonchev–Trinajstić information content (AvgIpc) is 3.44. The Morgan fingerprint density at radius 1 is 1.03 bits per heavy atom. The molecule has 6 nitrogen and oxygen atoms in total. The highest BCUT2D eigenvalue weighted by Crippen LogP contribution is 2.26. The number of nitrogens with one attached hydrogen (secondary N) is 1. The van der Waals surface area contributed by atoms with E-state index >= 15 is 0 Å². The van der Waals surface area contributed by atoms with E-state index in [-0.39, 0.29) is 22.2 Å². The molecule has 2 aromatic heterocycles. The molecule has 0 atom stereocenters. The Hall–Kier alpha value is -3.23. The smallest absolute Gasteiger partial charge is 0.293 e. The lowest BCUT2D eigenvalue weighted by atomic mass is 10.1. The number of carbonyl (C=O) groups is 1. The maximum atomic E-state index is 12.5. The fourth-order valence-corrected chi connectivity index (χ4v) is 4.99. The molecule has 2 aromatic carbocycles. The van der Waals surface area contributed by atoms with Gasteiger partial charge in [-0.05, 0) is 36.2 Å². The van der Waals surface area contributed by atoms with Crippen LogP contribution in [-0.4, -0.2) is 19.3 Å². The highest BCUT2D eigenvalue weighted by atomic mass is 32.2. The molecule has 0 aliphatic rings. The lowest BCUT2D eigenvalue weighted by Gasteiger charge is -2.02. The van der Waals surface area contributed by atoms with Crippen LogP contribution in [0.2, 0.25) is 0 Å². The first-order chi connectivity index (χ1) is 14.9. The zero-order valence-corrected chi connectivity index (χ0v) is 18.4. The van der Waals surface area contributed by atoms with Crippen molar-refractivity contribution in [1.82, 2.24) is 4.98 Å².